The van der Waals surface area contributed by atoms with Crippen LogP contribution >= 0.6 is 27.5 Å². The van der Waals surface area contributed by atoms with E-state index >= 15 is 0 Å². The maximum Gasteiger partial charge on any atom is 0.291 e. The third-order valence-corrected chi connectivity index (χ3v) is 4.27. The van der Waals surface area contributed by atoms with Crippen LogP contribution in [0.2, 0.25) is 5.02 Å². The highest BCUT2D eigenvalue weighted by atomic mass is 79.9. The number of rotatable bonds is 2. The molecular weight excluding hydrogens is 380 g/mol. The van der Waals surface area contributed by atoms with Gasteiger partial charge in [0.1, 0.15) is 11.7 Å². The molecule has 0 saturated carbocycles. The molecule has 0 aliphatic carbocycles. The third-order valence-electron chi connectivity index (χ3n) is 3.45. The van der Waals surface area contributed by atoms with Crippen molar-refractivity contribution in [3.05, 3.63) is 62.8 Å². The van der Waals surface area contributed by atoms with Gasteiger partial charge in [-0.1, -0.05) is 27.5 Å². The number of nitriles is 1. The number of nitrogens with one attached hydrogen (secondary N) is 1. The van der Waals surface area contributed by atoms with Crippen molar-refractivity contribution in [2.45, 2.75) is 6.92 Å². The molecule has 114 valence electrons. The molecule has 0 radical (unpaired) electrons. The Morgan fingerprint density at radius 2 is 2.09 bits per heavy atom. The zero-order valence-electron chi connectivity index (χ0n) is 12.0. The molecule has 1 N–H and O–H groups in total. The summed E-state index contributed by atoms with van der Waals surface area (Å²) in [6.45, 7) is 1.83. The number of hydrogen-bond donors (Lipinski definition) is 1. The Kier molecular flexibility index (Phi) is 4.12. The Hall–Kier alpha value is -2.29. The maximum atomic E-state index is 12.4. The standard InChI is InChI=1S/C17H10BrClN2O2/c1-9-13-7-11(18)2-5-15(13)23-16(9)17(22)21-12-3-4-14(19)10(6-12)8-20/h2-7H,1H3,(H,21,22). The smallest absolute Gasteiger partial charge is 0.291 e. The molecule has 2 aromatic carbocycles. The van der Waals surface area contributed by atoms with Crippen LogP contribution in [0.25, 0.3) is 11.0 Å². The van der Waals surface area contributed by atoms with Gasteiger partial charge in [0.25, 0.3) is 5.91 Å². The lowest BCUT2D eigenvalue weighted by Gasteiger charge is -2.05. The normalized spacial score (nSPS) is 10.5. The van der Waals surface area contributed by atoms with E-state index in [0.717, 1.165) is 15.4 Å². The van der Waals surface area contributed by atoms with Crippen molar-refractivity contribution in [3.63, 3.8) is 0 Å². The van der Waals surface area contributed by atoms with E-state index in [-0.39, 0.29) is 11.7 Å². The molecule has 0 spiro atoms. The average molecular weight is 390 g/mol. The molecule has 23 heavy (non-hydrogen) atoms. The topological polar surface area (TPSA) is 66.0 Å². The van der Waals surface area contributed by atoms with E-state index in [0.29, 0.717) is 21.9 Å². The zero-order valence-corrected chi connectivity index (χ0v) is 14.3. The van der Waals surface area contributed by atoms with Gasteiger partial charge in [-0.3, -0.25) is 4.79 Å². The lowest BCUT2D eigenvalue weighted by Crippen LogP contribution is -2.12. The molecule has 0 bridgehead atoms. The van der Waals surface area contributed by atoms with Gasteiger partial charge in [0, 0.05) is 21.1 Å². The fourth-order valence-electron chi connectivity index (χ4n) is 2.29. The monoisotopic (exact) mass is 388 g/mol. The fraction of sp³-hybridized carbons (Fsp3) is 0.0588. The van der Waals surface area contributed by atoms with Gasteiger partial charge in [0.2, 0.25) is 0 Å². The highest BCUT2D eigenvalue weighted by Crippen LogP contribution is 2.29. The van der Waals surface area contributed by atoms with Gasteiger partial charge in [0.15, 0.2) is 5.76 Å². The first-order chi connectivity index (χ1) is 11.0. The summed E-state index contributed by atoms with van der Waals surface area (Å²) in [4.78, 5) is 12.4. The molecule has 0 unspecified atom stereocenters. The number of nitrogens with zero attached hydrogens (tertiary/aromatic N) is 1. The number of anilines is 1. The summed E-state index contributed by atoms with van der Waals surface area (Å²) < 4.78 is 6.56. The van der Waals surface area contributed by atoms with Crippen LogP contribution in [-0.4, -0.2) is 5.91 Å². The predicted molar refractivity (Wildman–Crippen MR) is 92.8 cm³/mol. The number of fused-ring (bicyclic) bond motifs is 1. The molecule has 0 saturated heterocycles. The van der Waals surface area contributed by atoms with Crippen molar-refractivity contribution in [3.8, 4) is 6.07 Å². The lowest BCUT2D eigenvalue weighted by molar-refractivity contribution is 0.0998. The first-order valence-electron chi connectivity index (χ1n) is 6.69. The van der Waals surface area contributed by atoms with Crippen molar-refractivity contribution in [2.75, 3.05) is 5.32 Å². The summed E-state index contributed by atoms with van der Waals surface area (Å²) in [5.41, 5.74) is 2.18. The van der Waals surface area contributed by atoms with E-state index in [1.54, 1.807) is 18.2 Å². The lowest BCUT2D eigenvalue weighted by atomic mass is 10.1. The van der Waals surface area contributed by atoms with Crippen molar-refractivity contribution < 1.29 is 9.21 Å². The Balaban J connectivity index is 1.95. The number of carbonyl (C=O) groups is 1. The first-order valence-corrected chi connectivity index (χ1v) is 7.86. The summed E-state index contributed by atoms with van der Waals surface area (Å²) in [7, 11) is 0. The molecule has 3 rings (SSSR count). The second-order valence-corrected chi connectivity index (χ2v) is 6.28. The van der Waals surface area contributed by atoms with Gasteiger partial charge < -0.3 is 9.73 Å². The first kappa shape index (κ1) is 15.6. The molecule has 4 nitrogen and oxygen atoms in total. The van der Waals surface area contributed by atoms with E-state index in [1.807, 2.05) is 25.1 Å². The summed E-state index contributed by atoms with van der Waals surface area (Å²) >= 11 is 9.29. The van der Waals surface area contributed by atoms with E-state index in [9.17, 15) is 4.79 Å². The second kappa shape index (κ2) is 6.07. The van der Waals surface area contributed by atoms with Gasteiger partial charge in [0.05, 0.1) is 10.6 Å². The number of carbonyl (C=O) groups excluding carboxylic acids is 1. The van der Waals surface area contributed by atoms with E-state index in [2.05, 4.69) is 21.2 Å². The fourth-order valence-corrected chi connectivity index (χ4v) is 2.81. The SMILES string of the molecule is Cc1c(C(=O)Nc2ccc(Cl)c(C#N)c2)oc2ccc(Br)cc12. The minimum atomic E-state index is -0.374. The van der Waals surface area contributed by atoms with Crippen molar-refractivity contribution >= 4 is 50.1 Å². The largest absolute Gasteiger partial charge is 0.451 e. The van der Waals surface area contributed by atoms with Gasteiger partial charge in [-0.05, 0) is 43.3 Å². The average Bonchev–Trinajstić information content (AvgIpc) is 2.86. The van der Waals surface area contributed by atoms with Crippen molar-refractivity contribution in [2.24, 2.45) is 0 Å². The molecule has 0 aliphatic heterocycles. The molecule has 0 atom stereocenters. The van der Waals surface area contributed by atoms with Crippen LogP contribution in [0.4, 0.5) is 5.69 Å². The molecular formula is C17H10BrClN2O2. The molecule has 1 heterocycles. The van der Waals surface area contributed by atoms with Crippen molar-refractivity contribution in [1.29, 1.82) is 5.26 Å². The van der Waals surface area contributed by atoms with Crippen molar-refractivity contribution in [1.82, 2.24) is 0 Å². The van der Waals surface area contributed by atoms with Crippen LogP contribution in [0.3, 0.4) is 0 Å². The highest BCUT2D eigenvalue weighted by molar-refractivity contribution is 9.10. The van der Waals surface area contributed by atoms with Gasteiger partial charge in [-0.2, -0.15) is 5.26 Å². The molecule has 1 amide bonds. The van der Waals surface area contributed by atoms with Crippen LogP contribution in [0.1, 0.15) is 21.7 Å². The minimum Gasteiger partial charge on any atom is -0.451 e. The van der Waals surface area contributed by atoms with Crippen LogP contribution in [0.5, 0.6) is 0 Å². The maximum absolute atomic E-state index is 12.4. The van der Waals surface area contributed by atoms with Gasteiger partial charge in [-0.25, -0.2) is 0 Å². The number of furan rings is 1. The molecule has 3 aromatic rings. The van der Waals surface area contributed by atoms with E-state index < -0.39 is 0 Å². The molecule has 0 fully saturated rings. The Labute approximate surface area is 145 Å². The third kappa shape index (κ3) is 2.96. The second-order valence-electron chi connectivity index (χ2n) is 4.96. The summed E-state index contributed by atoms with van der Waals surface area (Å²) in [5, 5.41) is 12.9. The van der Waals surface area contributed by atoms with Crippen LogP contribution in [0, 0.1) is 18.3 Å². The molecule has 6 heteroatoms. The Morgan fingerprint density at radius 3 is 2.83 bits per heavy atom. The van der Waals surface area contributed by atoms with E-state index in [4.69, 9.17) is 21.3 Å². The highest BCUT2D eigenvalue weighted by Gasteiger charge is 2.18. The number of amides is 1. The minimum absolute atomic E-state index is 0.242. The molecule has 0 aliphatic rings. The van der Waals surface area contributed by atoms with E-state index in [1.165, 1.54) is 6.07 Å². The Morgan fingerprint density at radius 1 is 1.30 bits per heavy atom. The number of hydrogen-bond acceptors (Lipinski definition) is 3. The van der Waals surface area contributed by atoms with Gasteiger partial charge >= 0.3 is 0 Å². The number of benzene rings is 2. The summed E-state index contributed by atoms with van der Waals surface area (Å²) in [6.07, 6.45) is 0. The van der Waals surface area contributed by atoms with Crippen LogP contribution in [0.15, 0.2) is 45.3 Å². The number of aryl methyl sites for hydroxylation is 1. The predicted octanol–water partition coefficient (Wildman–Crippen LogP) is 5.28. The summed E-state index contributed by atoms with van der Waals surface area (Å²) in [6, 6.07) is 12.3. The van der Waals surface area contributed by atoms with Gasteiger partial charge in [-0.15, -0.1) is 0 Å². The Bertz CT molecular complexity index is 973. The zero-order chi connectivity index (χ0) is 16.6. The van der Waals surface area contributed by atoms with Crippen LogP contribution in [-0.2, 0) is 0 Å². The van der Waals surface area contributed by atoms with Crippen LogP contribution < -0.4 is 5.32 Å². The summed E-state index contributed by atoms with van der Waals surface area (Å²) in [5.74, 6) is -0.132. The molecule has 1 aromatic heterocycles. The number of halogens is 2. The quantitative estimate of drug-likeness (QED) is 0.648.